The number of unbranched alkanes of at least 4 members (excludes halogenated alkanes) is 33. The van der Waals surface area contributed by atoms with Gasteiger partial charge in [0, 0.05) is 19.4 Å². The van der Waals surface area contributed by atoms with E-state index >= 15 is 0 Å². The molecule has 5 heteroatoms. The van der Waals surface area contributed by atoms with E-state index in [1.165, 1.54) is 199 Å². The van der Waals surface area contributed by atoms with Gasteiger partial charge in [0.05, 0.1) is 6.61 Å². The van der Waals surface area contributed by atoms with E-state index in [1.807, 2.05) is 0 Å². The lowest BCUT2D eigenvalue weighted by molar-refractivity contribution is -0.162. The summed E-state index contributed by atoms with van der Waals surface area (Å²) in [5.74, 6) is -0.445. The van der Waals surface area contributed by atoms with Gasteiger partial charge in [-0.15, -0.1) is 0 Å². The first-order valence-corrected chi connectivity index (χ1v) is 28.2. The van der Waals surface area contributed by atoms with E-state index in [-0.39, 0.29) is 25.2 Å². The third kappa shape index (κ3) is 52.5. The van der Waals surface area contributed by atoms with Crippen molar-refractivity contribution in [3.63, 3.8) is 0 Å². The molecule has 0 aliphatic carbocycles. The standard InChI is InChI=1S/C59H108O5/c1-4-7-10-13-16-19-22-25-28-30-32-35-38-41-44-47-50-53-59(61)64-57(55-62-54-51-48-45-42-39-36-33-29-26-23-20-17-14-11-8-5-2)56-63-58(60)52-49-46-43-40-37-34-31-27-24-21-18-15-12-9-6-3/h16,19,25,28,32,35,41,44,57H,4-15,17-18,20-24,26-27,29-31,33-34,36-40,42-43,45-56H2,1-3H3/b19-16-,28-25-,35-32-,44-41-/t57-/m1/s1. The fourth-order valence-electron chi connectivity index (χ4n) is 8.15. The molecule has 0 aromatic carbocycles. The molecule has 0 aromatic heterocycles. The van der Waals surface area contributed by atoms with E-state index in [4.69, 9.17) is 14.2 Å². The Labute approximate surface area is 399 Å². The summed E-state index contributed by atoms with van der Waals surface area (Å²) in [6.07, 6.45) is 68.4. The number of allylic oxidation sites excluding steroid dienone is 8. The number of hydrogen-bond acceptors (Lipinski definition) is 5. The molecule has 5 nitrogen and oxygen atoms in total. The van der Waals surface area contributed by atoms with Gasteiger partial charge in [-0.3, -0.25) is 9.59 Å². The summed E-state index contributed by atoms with van der Waals surface area (Å²) in [7, 11) is 0. The Hall–Kier alpha value is -2.14. The van der Waals surface area contributed by atoms with Gasteiger partial charge in [0.15, 0.2) is 6.10 Å². The molecule has 0 fully saturated rings. The van der Waals surface area contributed by atoms with E-state index in [0.717, 1.165) is 57.8 Å². The van der Waals surface area contributed by atoms with Gasteiger partial charge in [-0.2, -0.15) is 0 Å². The summed E-state index contributed by atoms with van der Waals surface area (Å²) in [6, 6.07) is 0. The van der Waals surface area contributed by atoms with Crippen LogP contribution in [0.1, 0.15) is 290 Å². The van der Waals surface area contributed by atoms with E-state index in [2.05, 4.69) is 69.4 Å². The summed E-state index contributed by atoms with van der Waals surface area (Å²) in [5, 5.41) is 0. The van der Waals surface area contributed by atoms with Crippen molar-refractivity contribution in [1.29, 1.82) is 0 Å². The van der Waals surface area contributed by atoms with Gasteiger partial charge in [-0.1, -0.05) is 268 Å². The normalized spacial score (nSPS) is 12.5. The molecule has 0 bridgehead atoms. The number of carbonyl (C=O) groups excluding carboxylic acids is 2. The lowest BCUT2D eigenvalue weighted by atomic mass is 10.0. The maximum Gasteiger partial charge on any atom is 0.306 e. The van der Waals surface area contributed by atoms with Crippen LogP contribution in [0.4, 0.5) is 0 Å². The van der Waals surface area contributed by atoms with Crippen LogP contribution in [0.5, 0.6) is 0 Å². The Bertz CT molecular complexity index is 1060. The highest BCUT2D eigenvalue weighted by Crippen LogP contribution is 2.16. The van der Waals surface area contributed by atoms with Crippen molar-refractivity contribution in [2.75, 3.05) is 19.8 Å². The van der Waals surface area contributed by atoms with Gasteiger partial charge in [-0.25, -0.2) is 0 Å². The molecule has 0 heterocycles. The molecule has 1 atom stereocenters. The summed E-state index contributed by atoms with van der Waals surface area (Å²) in [5.41, 5.74) is 0. The van der Waals surface area contributed by atoms with Crippen LogP contribution in [0, 0.1) is 0 Å². The van der Waals surface area contributed by atoms with Gasteiger partial charge < -0.3 is 14.2 Å². The molecule has 0 aliphatic heterocycles. The zero-order valence-corrected chi connectivity index (χ0v) is 43.1. The molecule has 0 amide bonds. The Balaban J connectivity index is 4.32. The van der Waals surface area contributed by atoms with Crippen molar-refractivity contribution in [2.24, 2.45) is 0 Å². The van der Waals surface area contributed by atoms with Crippen LogP contribution in [-0.2, 0) is 23.8 Å². The second-order valence-corrected chi connectivity index (χ2v) is 18.9. The Kier molecular flexibility index (Phi) is 53.3. The third-order valence-electron chi connectivity index (χ3n) is 12.4. The minimum atomic E-state index is -0.560. The van der Waals surface area contributed by atoms with Gasteiger partial charge >= 0.3 is 11.9 Å². The molecule has 0 N–H and O–H groups in total. The Morgan fingerprint density at radius 2 is 0.672 bits per heavy atom. The van der Waals surface area contributed by atoms with Crippen LogP contribution in [-0.4, -0.2) is 37.9 Å². The highest BCUT2D eigenvalue weighted by molar-refractivity contribution is 5.70. The maximum atomic E-state index is 12.8. The smallest absolute Gasteiger partial charge is 0.306 e. The minimum Gasteiger partial charge on any atom is -0.462 e. The van der Waals surface area contributed by atoms with E-state index < -0.39 is 6.10 Å². The largest absolute Gasteiger partial charge is 0.462 e. The van der Waals surface area contributed by atoms with Crippen molar-refractivity contribution >= 4 is 11.9 Å². The van der Waals surface area contributed by atoms with Crippen molar-refractivity contribution < 1.29 is 23.8 Å². The fraction of sp³-hybridized carbons (Fsp3) is 0.831. The van der Waals surface area contributed by atoms with Crippen LogP contribution >= 0.6 is 0 Å². The number of rotatable bonds is 52. The summed E-state index contributed by atoms with van der Waals surface area (Å²) in [6.45, 7) is 7.80. The molecule has 0 aliphatic rings. The SMILES string of the molecule is CCCCC/C=C\C/C=C\C/C=C\C/C=C\CCCC(=O)O[C@H](COCCCCCCCCCCCCCCCCCC)COC(=O)CCCCCCCCCCCCCCCCC. The van der Waals surface area contributed by atoms with Crippen LogP contribution < -0.4 is 0 Å². The van der Waals surface area contributed by atoms with Crippen LogP contribution in [0.25, 0.3) is 0 Å². The molecule has 0 rings (SSSR count). The predicted molar refractivity (Wildman–Crippen MR) is 279 cm³/mol. The topological polar surface area (TPSA) is 61.8 Å². The predicted octanol–water partition coefficient (Wildman–Crippen LogP) is 19.1. The van der Waals surface area contributed by atoms with Crippen molar-refractivity contribution in [2.45, 2.75) is 297 Å². The maximum absolute atomic E-state index is 12.8. The molecule has 0 unspecified atom stereocenters. The Morgan fingerprint density at radius 3 is 1.09 bits per heavy atom. The molecular weight excluding hydrogens is 789 g/mol. The number of carbonyl (C=O) groups is 2. The molecule has 0 saturated heterocycles. The van der Waals surface area contributed by atoms with Crippen molar-refractivity contribution in [3.05, 3.63) is 48.6 Å². The van der Waals surface area contributed by atoms with Gasteiger partial charge in [-0.05, 0) is 57.8 Å². The second kappa shape index (κ2) is 55.2. The number of hydrogen-bond donors (Lipinski definition) is 0. The van der Waals surface area contributed by atoms with E-state index in [0.29, 0.717) is 19.4 Å². The van der Waals surface area contributed by atoms with Gasteiger partial charge in [0.1, 0.15) is 6.61 Å². The first-order valence-electron chi connectivity index (χ1n) is 28.2. The van der Waals surface area contributed by atoms with Gasteiger partial charge in [0.2, 0.25) is 0 Å². The highest BCUT2D eigenvalue weighted by atomic mass is 16.6. The van der Waals surface area contributed by atoms with Crippen molar-refractivity contribution in [3.8, 4) is 0 Å². The summed E-state index contributed by atoms with van der Waals surface area (Å²) in [4.78, 5) is 25.4. The number of esters is 2. The minimum absolute atomic E-state index is 0.0689. The monoisotopic (exact) mass is 897 g/mol. The molecule has 0 spiro atoms. The van der Waals surface area contributed by atoms with Crippen LogP contribution in [0.15, 0.2) is 48.6 Å². The zero-order chi connectivity index (χ0) is 46.3. The molecule has 0 aromatic rings. The summed E-state index contributed by atoms with van der Waals surface area (Å²) < 4.78 is 17.4. The number of ether oxygens (including phenoxy) is 3. The molecule has 0 saturated carbocycles. The molecule has 374 valence electrons. The Morgan fingerprint density at radius 1 is 0.344 bits per heavy atom. The second-order valence-electron chi connectivity index (χ2n) is 18.9. The third-order valence-corrected chi connectivity index (χ3v) is 12.4. The highest BCUT2D eigenvalue weighted by Gasteiger charge is 2.17. The van der Waals surface area contributed by atoms with Crippen molar-refractivity contribution in [1.82, 2.24) is 0 Å². The first kappa shape index (κ1) is 61.9. The van der Waals surface area contributed by atoms with E-state index in [9.17, 15) is 9.59 Å². The lowest BCUT2D eigenvalue weighted by Crippen LogP contribution is -2.30. The molecule has 0 radical (unpaired) electrons. The van der Waals surface area contributed by atoms with E-state index in [1.54, 1.807) is 0 Å². The average molecular weight is 898 g/mol. The van der Waals surface area contributed by atoms with Crippen LogP contribution in [0.3, 0.4) is 0 Å². The molecular formula is C59H108O5. The lowest BCUT2D eigenvalue weighted by Gasteiger charge is -2.18. The fourth-order valence-corrected chi connectivity index (χ4v) is 8.15. The summed E-state index contributed by atoms with van der Waals surface area (Å²) >= 11 is 0. The van der Waals surface area contributed by atoms with Gasteiger partial charge in [0.25, 0.3) is 0 Å². The zero-order valence-electron chi connectivity index (χ0n) is 43.1. The molecule has 64 heavy (non-hydrogen) atoms. The average Bonchev–Trinajstić information content (AvgIpc) is 3.30. The quantitative estimate of drug-likeness (QED) is 0.0346. The van der Waals surface area contributed by atoms with Crippen LogP contribution in [0.2, 0.25) is 0 Å². The first-order chi connectivity index (χ1) is 31.6.